The van der Waals surface area contributed by atoms with E-state index in [0.29, 0.717) is 6.04 Å². The van der Waals surface area contributed by atoms with Gasteiger partial charge in [-0.3, -0.25) is 0 Å². The number of rotatable bonds is 6. The first kappa shape index (κ1) is 11.2. The minimum atomic E-state index is 0.424. The van der Waals surface area contributed by atoms with Crippen LogP contribution in [0.2, 0.25) is 0 Å². The first-order chi connectivity index (χ1) is 6.86. The molecule has 0 amide bonds. The molecule has 0 saturated carbocycles. The first-order valence-electron chi connectivity index (χ1n) is 5.13. The smallest absolute Gasteiger partial charge is 0.0619 e. The van der Waals surface area contributed by atoms with E-state index in [-0.39, 0.29) is 0 Å². The maximum atomic E-state index is 5.17. The lowest BCUT2D eigenvalue weighted by molar-refractivity contribution is 0.167. The van der Waals surface area contributed by atoms with Gasteiger partial charge in [0.25, 0.3) is 0 Å². The van der Waals surface area contributed by atoms with Crippen molar-refractivity contribution in [1.29, 1.82) is 0 Å². The molecule has 0 aliphatic rings. The Bertz CT molecular complexity index is 229. The van der Waals surface area contributed by atoms with Gasteiger partial charge in [0.15, 0.2) is 0 Å². The summed E-state index contributed by atoms with van der Waals surface area (Å²) in [6.45, 7) is 3.87. The van der Waals surface area contributed by atoms with Crippen LogP contribution in [0.5, 0.6) is 0 Å². The molecule has 1 aromatic carbocycles. The fourth-order valence-electron chi connectivity index (χ4n) is 1.58. The molecule has 1 atom stereocenters. The highest BCUT2D eigenvalue weighted by Gasteiger charge is 2.06. The van der Waals surface area contributed by atoms with Crippen molar-refractivity contribution in [2.75, 3.05) is 20.3 Å². The lowest BCUT2D eigenvalue weighted by atomic mass is 10.1. The van der Waals surface area contributed by atoms with Gasteiger partial charge in [0.05, 0.1) is 6.61 Å². The number of likely N-dealkylation sites (N-methyl/N-ethyl adjacent to an activating group) is 1. The summed E-state index contributed by atoms with van der Waals surface area (Å²) in [4.78, 5) is 0. The van der Waals surface area contributed by atoms with Gasteiger partial charge in [-0.25, -0.2) is 0 Å². The third-order valence-corrected chi connectivity index (χ3v) is 2.19. The molecule has 14 heavy (non-hydrogen) atoms. The van der Waals surface area contributed by atoms with E-state index in [9.17, 15) is 0 Å². The van der Waals surface area contributed by atoms with E-state index < -0.39 is 0 Å². The average Bonchev–Trinajstić information content (AvgIpc) is 2.20. The van der Waals surface area contributed by atoms with Crippen LogP contribution in [0.15, 0.2) is 30.3 Å². The summed E-state index contributed by atoms with van der Waals surface area (Å²) in [5, 5.41) is 3.41. The van der Waals surface area contributed by atoms with Gasteiger partial charge in [0, 0.05) is 13.2 Å². The molecular formula is C12H19NO. The molecule has 0 aromatic heterocycles. The summed E-state index contributed by atoms with van der Waals surface area (Å²) < 4.78 is 5.17. The maximum absolute atomic E-state index is 5.17. The Kier molecular flexibility index (Phi) is 5.27. The van der Waals surface area contributed by atoms with E-state index in [1.165, 1.54) is 5.56 Å². The van der Waals surface area contributed by atoms with E-state index in [4.69, 9.17) is 4.74 Å². The van der Waals surface area contributed by atoms with Crippen molar-refractivity contribution in [3.8, 4) is 0 Å². The molecule has 0 heterocycles. The normalized spacial score (nSPS) is 12.7. The quantitative estimate of drug-likeness (QED) is 0.744. The highest BCUT2D eigenvalue weighted by Crippen LogP contribution is 2.03. The fourth-order valence-corrected chi connectivity index (χ4v) is 1.58. The zero-order chi connectivity index (χ0) is 10.2. The predicted octanol–water partition coefficient (Wildman–Crippen LogP) is 1.85. The third kappa shape index (κ3) is 3.90. The summed E-state index contributed by atoms with van der Waals surface area (Å²) in [7, 11) is 1.75. The van der Waals surface area contributed by atoms with Gasteiger partial charge in [-0.1, -0.05) is 37.3 Å². The van der Waals surface area contributed by atoms with Crippen LogP contribution in [0.3, 0.4) is 0 Å². The fraction of sp³-hybridized carbons (Fsp3) is 0.500. The molecule has 0 unspecified atom stereocenters. The van der Waals surface area contributed by atoms with Crippen molar-refractivity contribution in [1.82, 2.24) is 5.32 Å². The second kappa shape index (κ2) is 6.57. The molecule has 0 spiro atoms. The van der Waals surface area contributed by atoms with Gasteiger partial charge in [0.2, 0.25) is 0 Å². The van der Waals surface area contributed by atoms with E-state index in [1.54, 1.807) is 7.11 Å². The van der Waals surface area contributed by atoms with E-state index in [2.05, 4.69) is 36.5 Å². The van der Waals surface area contributed by atoms with Crippen LogP contribution in [0.4, 0.5) is 0 Å². The summed E-state index contributed by atoms with van der Waals surface area (Å²) in [5.74, 6) is 0. The number of hydrogen-bond acceptors (Lipinski definition) is 2. The Morgan fingerprint density at radius 2 is 2.00 bits per heavy atom. The number of benzene rings is 1. The number of hydrogen-bond donors (Lipinski definition) is 1. The standard InChI is InChI=1S/C12H19NO/c1-3-13-12(10-14-2)9-11-7-5-4-6-8-11/h4-8,12-13H,3,9-10H2,1-2H3/t12-/m1/s1. The van der Waals surface area contributed by atoms with Crippen LogP contribution in [-0.4, -0.2) is 26.3 Å². The number of ether oxygens (including phenoxy) is 1. The van der Waals surface area contributed by atoms with Crippen LogP contribution < -0.4 is 5.32 Å². The highest BCUT2D eigenvalue weighted by molar-refractivity contribution is 5.15. The Hall–Kier alpha value is -0.860. The minimum Gasteiger partial charge on any atom is -0.383 e. The lowest BCUT2D eigenvalue weighted by Crippen LogP contribution is -2.34. The zero-order valence-corrected chi connectivity index (χ0v) is 8.99. The van der Waals surface area contributed by atoms with Gasteiger partial charge in [-0.2, -0.15) is 0 Å². The Balaban J connectivity index is 2.46. The van der Waals surface area contributed by atoms with Crippen molar-refractivity contribution in [3.05, 3.63) is 35.9 Å². The SMILES string of the molecule is CCN[C@@H](COC)Cc1ccccc1. The summed E-state index contributed by atoms with van der Waals surface area (Å²) >= 11 is 0. The topological polar surface area (TPSA) is 21.3 Å². The second-order valence-electron chi connectivity index (χ2n) is 3.40. The molecule has 0 fully saturated rings. The van der Waals surface area contributed by atoms with Gasteiger partial charge < -0.3 is 10.1 Å². The van der Waals surface area contributed by atoms with Crippen LogP contribution in [-0.2, 0) is 11.2 Å². The van der Waals surface area contributed by atoms with E-state index >= 15 is 0 Å². The molecule has 1 rings (SSSR count). The molecule has 2 nitrogen and oxygen atoms in total. The van der Waals surface area contributed by atoms with Gasteiger partial charge >= 0.3 is 0 Å². The van der Waals surface area contributed by atoms with Crippen molar-refractivity contribution >= 4 is 0 Å². The average molecular weight is 193 g/mol. The van der Waals surface area contributed by atoms with Crippen LogP contribution in [0.1, 0.15) is 12.5 Å². The molecule has 1 N–H and O–H groups in total. The monoisotopic (exact) mass is 193 g/mol. The summed E-state index contributed by atoms with van der Waals surface area (Å²) in [6.07, 6.45) is 1.03. The molecule has 0 aliphatic carbocycles. The second-order valence-corrected chi connectivity index (χ2v) is 3.40. The Labute approximate surface area is 86.3 Å². The van der Waals surface area contributed by atoms with Crippen LogP contribution in [0.25, 0.3) is 0 Å². The molecule has 0 saturated heterocycles. The van der Waals surface area contributed by atoms with Gasteiger partial charge in [-0.15, -0.1) is 0 Å². The molecule has 2 heteroatoms. The summed E-state index contributed by atoms with van der Waals surface area (Å²) in [6, 6.07) is 10.9. The maximum Gasteiger partial charge on any atom is 0.0619 e. The summed E-state index contributed by atoms with van der Waals surface area (Å²) in [5.41, 5.74) is 1.36. The predicted molar refractivity (Wildman–Crippen MR) is 59.5 cm³/mol. The third-order valence-electron chi connectivity index (χ3n) is 2.19. The Morgan fingerprint density at radius 1 is 1.29 bits per heavy atom. The zero-order valence-electron chi connectivity index (χ0n) is 8.99. The van der Waals surface area contributed by atoms with Crippen molar-refractivity contribution < 1.29 is 4.74 Å². The molecule has 78 valence electrons. The van der Waals surface area contributed by atoms with Crippen LogP contribution in [0, 0.1) is 0 Å². The minimum absolute atomic E-state index is 0.424. The van der Waals surface area contributed by atoms with Crippen molar-refractivity contribution in [3.63, 3.8) is 0 Å². The van der Waals surface area contributed by atoms with E-state index in [0.717, 1.165) is 19.6 Å². The molecule has 0 radical (unpaired) electrons. The first-order valence-corrected chi connectivity index (χ1v) is 5.13. The van der Waals surface area contributed by atoms with Crippen molar-refractivity contribution in [2.24, 2.45) is 0 Å². The Morgan fingerprint density at radius 3 is 2.57 bits per heavy atom. The molecular weight excluding hydrogens is 174 g/mol. The molecule has 1 aromatic rings. The highest BCUT2D eigenvalue weighted by atomic mass is 16.5. The van der Waals surface area contributed by atoms with Gasteiger partial charge in [-0.05, 0) is 18.5 Å². The largest absolute Gasteiger partial charge is 0.383 e. The van der Waals surface area contributed by atoms with Crippen LogP contribution >= 0.6 is 0 Å². The molecule has 0 aliphatic heterocycles. The molecule has 0 bridgehead atoms. The number of methoxy groups -OCH3 is 1. The lowest BCUT2D eigenvalue weighted by Gasteiger charge is -2.16. The van der Waals surface area contributed by atoms with Crippen molar-refractivity contribution in [2.45, 2.75) is 19.4 Å². The number of nitrogens with one attached hydrogen (secondary N) is 1. The van der Waals surface area contributed by atoms with E-state index in [1.807, 2.05) is 6.07 Å². The van der Waals surface area contributed by atoms with Gasteiger partial charge in [0.1, 0.15) is 0 Å².